The molecule has 0 aliphatic rings. The van der Waals surface area contributed by atoms with Gasteiger partial charge < -0.3 is 14.8 Å². The number of nitrogens with one attached hydrogen (secondary N) is 1. The molecule has 6 heteroatoms. The number of alkyl halides is 3. The lowest BCUT2D eigenvalue weighted by atomic mass is 10.1. The second-order valence-electron chi connectivity index (χ2n) is 4.91. The van der Waals surface area contributed by atoms with Gasteiger partial charge in [0.05, 0.1) is 13.2 Å². The van der Waals surface area contributed by atoms with Crippen molar-refractivity contribution in [3.05, 3.63) is 29.8 Å². The SMILES string of the molecule is CNC(C)Cc1ccc(OCCCOCC(F)(F)F)cc1. The average molecular weight is 305 g/mol. The maximum absolute atomic E-state index is 11.8. The van der Waals surface area contributed by atoms with Crippen LogP contribution in [-0.2, 0) is 11.2 Å². The fraction of sp³-hybridized carbons (Fsp3) is 0.600. The number of hydrogen-bond acceptors (Lipinski definition) is 3. The number of likely N-dealkylation sites (N-methyl/N-ethyl adjacent to an activating group) is 1. The number of benzene rings is 1. The standard InChI is InChI=1S/C15H22F3NO2/c1-12(19-2)10-13-4-6-14(7-5-13)21-9-3-8-20-11-15(16,17)18/h4-7,12,19H,3,8-11H2,1-2H3. The highest BCUT2D eigenvalue weighted by Crippen LogP contribution is 2.15. The fourth-order valence-electron chi connectivity index (χ4n) is 1.72. The lowest BCUT2D eigenvalue weighted by Crippen LogP contribution is -2.23. The van der Waals surface area contributed by atoms with E-state index in [2.05, 4.69) is 17.0 Å². The van der Waals surface area contributed by atoms with Gasteiger partial charge in [-0.15, -0.1) is 0 Å². The van der Waals surface area contributed by atoms with Crippen molar-refractivity contribution in [3.8, 4) is 5.75 Å². The maximum atomic E-state index is 11.8. The molecule has 0 fully saturated rings. The first-order valence-electron chi connectivity index (χ1n) is 6.94. The molecule has 0 spiro atoms. The molecule has 120 valence electrons. The van der Waals surface area contributed by atoms with Crippen LogP contribution < -0.4 is 10.1 Å². The molecule has 1 atom stereocenters. The van der Waals surface area contributed by atoms with Crippen LogP contribution in [0.5, 0.6) is 5.75 Å². The van der Waals surface area contributed by atoms with E-state index in [-0.39, 0.29) is 6.61 Å². The summed E-state index contributed by atoms with van der Waals surface area (Å²) in [5.74, 6) is 0.715. The maximum Gasteiger partial charge on any atom is 0.411 e. The van der Waals surface area contributed by atoms with E-state index in [1.807, 2.05) is 31.3 Å². The van der Waals surface area contributed by atoms with Gasteiger partial charge in [0, 0.05) is 12.5 Å². The minimum Gasteiger partial charge on any atom is -0.494 e. The molecule has 3 nitrogen and oxygen atoms in total. The van der Waals surface area contributed by atoms with Crippen LogP contribution in [0.4, 0.5) is 13.2 Å². The summed E-state index contributed by atoms with van der Waals surface area (Å²) in [6, 6.07) is 8.12. The molecule has 0 aromatic heterocycles. The predicted octanol–water partition coefficient (Wildman–Crippen LogP) is 3.18. The van der Waals surface area contributed by atoms with Crippen LogP contribution in [0.25, 0.3) is 0 Å². The number of ether oxygens (including phenoxy) is 2. The number of hydrogen-bond donors (Lipinski definition) is 1. The van der Waals surface area contributed by atoms with Crippen molar-refractivity contribution in [2.45, 2.75) is 32.0 Å². The third-order valence-corrected chi connectivity index (χ3v) is 2.93. The first-order valence-corrected chi connectivity index (χ1v) is 6.94. The smallest absolute Gasteiger partial charge is 0.411 e. The minimum absolute atomic E-state index is 0.0390. The lowest BCUT2D eigenvalue weighted by molar-refractivity contribution is -0.174. The van der Waals surface area contributed by atoms with Crippen LogP contribution in [0.3, 0.4) is 0 Å². The van der Waals surface area contributed by atoms with Crippen LogP contribution in [0.2, 0.25) is 0 Å². The molecule has 1 N–H and O–H groups in total. The van der Waals surface area contributed by atoms with Crippen LogP contribution in [-0.4, -0.2) is 39.1 Å². The summed E-state index contributed by atoms with van der Waals surface area (Å²) in [6.07, 6.45) is -2.90. The van der Waals surface area contributed by atoms with E-state index in [4.69, 9.17) is 4.74 Å². The Bertz CT molecular complexity index is 393. The molecule has 1 aromatic carbocycles. The third-order valence-electron chi connectivity index (χ3n) is 2.93. The summed E-state index contributed by atoms with van der Waals surface area (Å²) < 4.78 is 45.4. The van der Waals surface area contributed by atoms with Gasteiger partial charge in [0.15, 0.2) is 0 Å². The summed E-state index contributed by atoms with van der Waals surface area (Å²) in [4.78, 5) is 0. The highest BCUT2D eigenvalue weighted by Gasteiger charge is 2.27. The summed E-state index contributed by atoms with van der Waals surface area (Å²) in [6.45, 7) is 1.28. The predicted molar refractivity (Wildman–Crippen MR) is 75.7 cm³/mol. The van der Waals surface area contributed by atoms with Gasteiger partial charge in [-0.05, 0) is 38.1 Å². The van der Waals surface area contributed by atoms with Gasteiger partial charge in [-0.1, -0.05) is 12.1 Å². The zero-order valence-corrected chi connectivity index (χ0v) is 12.4. The molecule has 0 saturated carbocycles. The average Bonchev–Trinajstić information content (AvgIpc) is 2.43. The van der Waals surface area contributed by atoms with Crippen molar-refractivity contribution in [2.75, 3.05) is 26.9 Å². The van der Waals surface area contributed by atoms with Crippen molar-refractivity contribution < 1.29 is 22.6 Å². The topological polar surface area (TPSA) is 30.5 Å². The first kappa shape index (κ1) is 17.8. The van der Waals surface area contributed by atoms with E-state index < -0.39 is 12.8 Å². The molecule has 0 saturated heterocycles. The molecule has 0 aliphatic carbocycles. The van der Waals surface area contributed by atoms with Crippen LogP contribution in [0, 0.1) is 0 Å². The Morgan fingerprint density at radius 1 is 1.14 bits per heavy atom. The van der Waals surface area contributed by atoms with Crippen molar-refractivity contribution in [3.63, 3.8) is 0 Å². The Morgan fingerprint density at radius 3 is 2.38 bits per heavy atom. The molecule has 1 unspecified atom stereocenters. The molecule has 0 bridgehead atoms. The van der Waals surface area contributed by atoms with E-state index in [1.165, 1.54) is 5.56 Å². The van der Waals surface area contributed by atoms with Crippen molar-refractivity contribution in [2.24, 2.45) is 0 Å². The molecule has 1 aromatic rings. The van der Waals surface area contributed by atoms with E-state index in [1.54, 1.807) is 0 Å². The third kappa shape index (κ3) is 8.57. The summed E-state index contributed by atoms with van der Waals surface area (Å²) in [5.41, 5.74) is 1.21. The quantitative estimate of drug-likeness (QED) is 0.711. The Kier molecular flexibility index (Phi) is 7.53. The number of halogens is 3. The molecule has 0 radical (unpaired) electrons. The minimum atomic E-state index is -4.26. The van der Waals surface area contributed by atoms with Gasteiger partial charge in [0.25, 0.3) is 0 Å². The van der Waals surface area contributed by atoms with E-state index >= 15 is 0 Å². The van der Waals surface area contributed by atoms with Crippen molar-refractivity contribution in [1.29, 1.82) is 0 Å². The zero-order valence-electron chi connectivity index (χ0n) is 12.4. The fourth-order valence-corrected chi connectivity index (χ4v) is 1.72. The van der Waals surface area contributed by atoms with Crippen LogP contribution in [0.1, 0.15) is 18.9 Å². The largest absolute Gasteiger partial charge is 0.494 e. The molecular formula is C15H22F3NO2. The Labute approximate surface area is 123 Å². The molecule has 0 amide bonds. The monoisotopic (exact) mass is 305 g/mol. The van der Waals surface area contributed by atoms with Crippen molar-refractivity contribution >= 4 is 0 Å². The summed E-state index contributed by atoms with van der Waals surface area (Å²) in [5, 5.41) is 3.17. The molecule has 21 heavy (non-hydrogen) atoms. The van der Waals surface area contributed by atoms with E-state index in [9.17, 15) is 13.2 Å². The van der Waals surface area contributed by atoms with Gasteiger partial charge in [0.1, 0.15) is 12.4 Å². The van der Waals surface area contributed by atoms with Crippen LogP contribution >= 0.6 is 0 Å². The molecular weight excluding hydrogens is 283 g/mol. The number of rotatable bonds is 9. The van der Waals surface area contributed by atoms with Gasteiger partial charge >= 0.3 is 6.18 Å². The van der Waals surface area contributed by atoms with E-state index in [0.29, 0.717) is 24.8 Å². The Hall–Kier alpha value is -1.27. The Balaban J connectivity index is 2.18. The van der Waals surface area contributed by atoms with E-state index in [0.717, 1.165) is 6.42 Å². The molecule has 0 aliphatic heterocycles. The lowest BCUT2D eigenvalue weighted by Gasteiger charge is -2.11. The summed E-state index contributed by atoms with van der Waals surface area (Å²) >= 11 is 0. The van der Waals surface area contributed by atoms with Gasteiger partial charge in [0.2, 0.25) is 0 Å². The van der Waals surface area contributed by atoms with Gasteiger partial charge in [-0.3, -0.25) is 0 Å². The first-order chi connectivity index (χ1) is 9.90. The molecule has 0 heterocycles. The normalized spacial score (nSPS) is 13.2. The van der Waals surface area contributed by atoms with Gasteiger partial charge in [-0.25, -0.2) is 0 Å². The highest BCUT2D eigenvalue weighted by atomic mass is 19.4. The summed E-state index contributed by atoms with van der Waals surface area (Å²) in [7, 11) is 1.92. The molecule has 1 rings (SSSR count). The van der Waals surface area contributed by atoms with Crippen LogP contribution in [0.15, 0.2) is 24.3 Å². The van der Waals surface area contributed by atoms with Gasteiger partial charge in [-0.2, -0.15) is 13.2 Å². The highest BCUT2D eigenvalue weighted by molar-refractivity contribution is 5.27. The van der Waals surface area contributed by atoms with Crippen molar-refractivity contribution in [1.82, 2.24) is 5.32 Å². The second kappa shape index (κ2) is 8.89. The second-order valence-corrected chi connectivity index (χ2v) is 4.91. The zero-order chi connectivity index (χ0) is 15.7. The Morgan fingerprint density at radius 2 is 1.81 bits per heavy atom.